The summed E-state index contributed by atoms with van der Waals surface area (Å²) in [5, 5.41) is 3.06. The summed E-state index contributed by atoms with van der Waals surface area (Å²) >= 11 is 0. The highest BCUT2D eigenvalue weighted by molar-refractivity contribution is 5.48. The number of carbonyl (C=O) groups is 1. The molecule has 0 unspecified atom stereocenters. The maximum absolute atomic E-state index is 10.6. The van der Waals surface area contributed by atoms with Crippen LogP contribution in [0.5, 0.6) is 0 Å². The third kappa shape index (κ3) is 2.04. The van der Waals surface area contributed by atoms with E-state index in [1.54, 1.807) is 0 Å². The molecule has 1 N–H and O–H groups in total. The zero-order valence-electron chi connectivity index (χ0n) is 9.02. The van der Waals surface area contributed by atoms with E-state index in [4.69, 9.17) is 0 Å². The molecule has 0 heterocycles. The van der Waals surface area contributed by atoms with Crippen LogP contribution in [0.3, 0.4) is 0 Å². The lowest BCUT2D eigenvalue weighted by atomic mass is 9.66. The minimum Gasteiger partial charge on any atom is -0.353 e. The van der Waals surface area contributed by atoms with Crippen LogP contribution in [-0.2, 0) is 4.79 Å². The molecule has 0 atom stereocenters. The van der Waals surface area contributed by atoms with E-state index < -0.39 is 0 Å². The van der Waals surface area contributed by atoms with Crippen molar-refractivity contribution in [2.24, 2.45) is 5.41 Å². The van der Waals surface area contributed by atoms with Gasteiger partial charge in [0.15, 0.2) is 0 Å². The van der Waals surface area contributed by atoms with E-state index in [9.17, 15) is 4.79 Å². The first-order valence-corrected chi connectivity index (χ1v) is 5.23. The fourth-order valence-corrected chi connectivity index (χ4v) is 2.38. The molecule has 1 saturated carbocycles. The third-order valence-corrected chi connectivity index (χ3v) is 3.48. The van der Waals surface area contributed by atoms with Crippen molar-refractivity contribution in [3.8, 4) is 0 Å². The van der Waals surface area contributed by atoms with E-state index in [1.165, 1.54) is 19.3 Å². The van der Waals surface area contributed by atoms with Crippen LogP contribution in [0.4, 0.5) is 0 Å². The van der Waals surface area contributed by atoms with E-state index in [0.29, 0.717) is 0 Å². The molecule has 0 bridgehead atoms. The molecule has 2 nitrogen and oxygen atoms in total. The molecule has 0 spiro atoms. The predicted octanol–water partition coefficient (Wildman–Crippen LogP) is 2.48. The minimum absolute atomic E-state index is 0.0486. The van der Waals surface area contributed by atoms with Gasteiger partial charge < -0.3 is 5.32 Å². The normalized spacial score (nSPS) is 22.4. The molecule has 76 valence electrons. The Morgan fingerprint density at radius 2 is 1.69 bits per heavy atom. The fourth-order valence-electron chi connectivity index (χ4n) is 2.38. The van der Waals surface area contributed by atoms with E-state index in [-0.39, 0.29) is 11.0 Å². The second-order valence-electron chi connectivity index (χ2n) is 5.15. The van der Waals surface area contributed by atoms with Crippen molar-refractivity contribution in [1.82, 2.24) is 5.32 Å². The van der Waals surface area contributed by atoms with Gasteiger partial charge in [0.05, 0.1) is 0 Å². The summed E-state index contributed by atoms with van der Waals surface area (Å²) in [7, 11) is 0. The molecule has 0 aromatic carbocycles. The summed E-state index contributed by atoms with van der Waals surface area (Å²) in [5.74, 6) is 0. The van der Waals surface area contributed by atoms with Gasteiger partial charge in [0.2, 0.25) is 6.41 Å². The molecule has 1 rings (SSSR count). The van der Waals surface area contributed by atoms with Crippen LogP contribution >= 0.6 is 0 Å². The van der Waals surface area contributed by atoms with E-state index in [1.807, 2.05) is 0 Å². The Bertz CT molecular complexity index is 175. The van der Waals surface area contributed by atoms with Crippen molar-refractivity contribution >= 4 is 6.41 Å². The summed E-state index contributed by atoms with van der Waals surface area (Å²) in [5.41, 5.74) is 0.224. The van der Waals surface area contributed by atoms with Crippen molar-refractivity contribution < 1.29 is 4.79 Å². The number of rotatable bonds is 2. The summed E-state index contributed by atoms with van der Waals surface area (Å²) in [6.07, 6.45) is 6.95. The largest absolute Gasteiger partial charge is 0.353 e. The van der Waals surface area contributed by atoms with E-state index in [2.05, 4.69) is 26.1 Å². The first kappa shape index (κ1) is 10.6. The van der Waals surface area contributed by atoms with Gasteiger partial charge in [-0.2, -0.15) is 0 Å². The zero-order valence-corrected chi connectivity index (χ0v) is 9.02. The van der Waals surface area contributed by atoms with Crippen molar-refractivity contribution in [3.05, 3.63) is 0 Å². The Labute approximate surface area is 81.1 Å². The van der Waals surface area contributed by atoms with Gasteiger partial charge in [-0.05, 0) is 18.3 Å². The lowest BCUT2D eigenvalue weighted by Crippen LogP contribution is -2.55. The van der Waals surface area contributed by atoms with Crippen LogP contribution in [0.15, 0.2) is 0 Å². The van der Waals surface area contributed by atoms with Crippen LogP contribution in [0.1, 0.15) is 52.9 Å². The Morgan fingerprint density at radius 1 is 1.15 bits per heavy atom. The standard InChI is InChI=1S/C11H21NO/c1-10(2,3)11(12-9-13)7-5-4-6-8-11/h9H,4-8H2,1-3H3,(H,12,13). The minimum atomic E-state index is 0.0486. The van der Waals surface area contributed by atoms with Crippen LogP contribution in [-0.4, -0.2) is 11.9 Å². The highest BCUT2D eigenvalue weighted by atomic mass is 16.1. The lowest BCUT2D eigenvalue weighted by Gasteiger charge is -2.47. The maximum Gasteiger partial charge on any atom is 0.207 e. The smallest absolute Gasteiger partial charge is 0.207 e. The monoisotopic (exact) mass is 183 g/mol. The molecule has 0 aliphatic heterocycles. The Balaban J connectivity index is 2.78. The molecule has 0 aromatic heterocycles. The van der Waals surface area contributed by atoms with E-state index >= 15 is 0 Å². The summed E-state index contributed by atoms with van der Waals surface area (Å²) < 4.78 is 0. The van der Waals surface area contributed by atoms with Crippen LogP contribution < -0.4 is 5.32 Å². The molecular weight excluding hydrogens is 162 g/mol. The summed E-state index contributed by atoms with van der Waals surface area (Å²) in [4.78, 5) is 10.6. The molecule has 1 fully saturated rings. The lowest BCUT2D eigenvalue weighted by molar-refractivity contribution is -0.113. The fraction of sp³-hybridized carbons (Fsp3) is 0.909. The average Bonchev–Trinajstić information content (AvgIpc) is 2.04. The second kappa shape index (κ2) is 3.69. The first-order valence-electron chi connectivity index (χ1n) is 5.23. The van der Waals surface area contributed by atoms with Gasteiger partial charge in [-0.3, -0.25) is 4.79 Å². The zero-order chi connectivity index (χ0) is 9.95. The Kier molecular flexibility index (Phi) is 2.99. The molecule has 0 saturated heterocycles. The molecule has 1 aliphatic carbocycles. The van der Waals surface area contributed by atoms with E-state index in [0.717, 1.165) is 19.3 Å². The third-order valence-electron chi connectivity index (χ3n) is 3.48. The molecule has 2 heteroatoms. The number of carbonyl (C=O) groups excluding carboxylic acids is 1. The van der Waals surface area contributed by atoms with Crippen molar-refractivity contribution in [2.45, 2.75) is 58.4 Å². The van der Waals surface area contributed by atoms with Gasteiger partial charge in [0, 0.05) is 5.54 Å². The highest BCUT2D eigenvalue weighted by Gasteiger charge is 2.41. The van der Waals surface area contributed by atoms with Gasteiger partial charge in [-0.15, -0.1) is 0 Å². The van der Waals surface area contributed by atoms with Gasteiger partial charge in [0.25, 0.3) is 0 Å². The Morgan fingerprint density at radius 3 is 2.08 bits per heavy atom. The number of nitrogens with one attached hydrogen (secondary N) is 1. The van der Waals surface area contributed by atoms with Gasteiger partial charge in [-0.25, -0.2) is 0 Å². The summed E-state index contributed by atoms with van der Waals surface area (Å²) in [6.45, 7) is 6.65. The quantitative estimate of drug-likeness (QED) is 0.655. The molecular formula is C11H21NO. The SMILES string of the molecule is CC(C)(C)C1(NC=O)CCCCC1. The Hall–Kier alpha value is -0.530. The van der Waals surface area contributed by atoms with Gasteiger partial charge in [0.1, 0.15) is 0 Å². The number of amides is 1. The predicted molar refractivity (Wildman–Crippen MR) is 54.5 cm³/mol. The van der Waals surface area contributed by atoms with Crippen molar-refractivity contribution in [1.29, 1.82) is 0 Å². The maximum atomic E-state index is 10.6. The van der Waals surface area contributed by atoms with Crippen LogP contribution in [0.25, 0.3) is 0 Å². The topological polar surface area (TPSA) is 29.1 Å². The summed E-state index contributed by atoms with van der Waals surface area (Å²) in [6, 6.07) is 0. The molecule has 1 amide bonds. The number of hydrogen-bond acceptors (Lipinski definition) is 1. The van der Waals surface area contributed by atoms with Crippen LogP contribution in [0, 0.1) is 5.41 Å². The molecule has 13 heavy (non-hydrogen) atoms. The highest BCUT2D eigenvalue weighted by Crippen LogP contribution is 2.41. The second-order valence-corrected chi connectivity index (χ2v) is 5.15. The van der Waals surface area contributed by atoms with Crippen LogP contribution in [0.2, 0.25) is 0 Å². The van der Waals surface area contributed by atoms with Crippen molar-refractivity contribution in [3.63, 3.8) is 0 Å². The molecule has 1 aliphatic rings. The van der Waals surface area contributed by atoms with Gasteiger partial charge >= 0.3 is 0 Å². The van der Waals surface area contributed by atoms with Gasteiger partial charge in [-0.1, -0.05) is 40.0 Å². The average molecular weight is 183 g/mol. The molecule has 0 radical (unpaired) electrons. The number of hydrogen-bond donors (Lipinski definition) is 1. The molecule has 0 aromatic rings. The van der Waals surface area contributed by atoms with Crippen molar-refractivity contribution in [2.75, 3.05) is 0 Å². The first-order chi connectivity index (χ1) is 6.02.